The molecule has 0 spiro atoms. The first-order chi connectivity index (χ1) is 13.5. The van der Waals surface area contributed by atoms with Crippen molar-refractivity contribution >= 4 is 29.1 Å². The molecule has 0 bridgehead atoms. The van der Waals surface area contributed by atoms with Gasteiger partial charge in [-0.25, -0.2) is 9.59 Å². The molecule has 0 fully saturated rings. The topological polar surface area (TPSA) is 103 Å². The molecular formula is C19H30N2O6S. The van der Waals surface area contributed by atoms with Crippen molar-refractivity contribution in [1.82, 2.24) is 10.6 Å². The summed E-state index contributed by atoms with van der Waals surface area (Å²) >= 11 is 1.08. The maximum absolute atomic E-state index is 11.6. The number of hydrogen-bond donors (Lipinski definition) is 2. The SMILES string of the molecule is C=CCOC(=O)NCCC(=O)SCCNC(=O)OC/C=C/CC(C)OCC=C. The lowest BCUT2D eigenvalue weighted by Crippen LogP contribution is -2.28. The fraction of sp³-hybridized carbons (Fsp3) is 0.526. The van der Waals surface area contributed by atoms with Crippen LogP contribution in [-0.2, 0) is 19.0 Å². The molecule has 0 heterocycles. The lowest BCUT2D eigenvalue weighted by Gasteiger charge is -2.08. The number of nitrogens with one attached hydrogen (secondary N) is 2. The molecule has 28 heavy (non-hydrogen) atoms. The Labute approximate surface area is 170 Å². The highest BCUT2D eigenvalue weighted by Crippen LogP contribution is 2.03. The lowest BCUT2D eigenvalue weighted by molar-refractivity contribution is -0.110. The zero-order valence-corrected chi connectivity index (χ0v) is 17.1. The Bertz CT molecular complexity index is 525. The molecule has 9 heteroatoms. The number of thioether (sulfide) groups is 1. The molecule has 0 aliphatic rings. The van der Waals surface area contributed by atoms with E-state index >= 15 is 0 Å². The maximum Gasteiger partial charge on any atom is 0.407 e. The van der Waals surface area contributed by atoms with Crippen LogP contribution in [0.2, 0.25) is 0 Å². The third-order valence-corrected chi connectivity index (χ3v) is 3.94. The second-order valence-corrected chi connectivity index (χ2v) is 6.60. The second kappa shape index (κ2) is 18.1. The van der Waals surface area contributed by atoms with Gasteiger partial charge in [0.15, 0.2) is 5.12 Å². The first-order valence-corrected chi connectivity index (χ1v) is 9.93. The van der Waals surface area contributed by atoms with E-state index in [1.54, 1.807) is 12.2 Å². The van der Waals surface area contributed by atoms with Crippen LogP contribution in [0.4, 0.5) is 9.59 Å². The van der Waals surface area contributed by atoms with Gasteiger partial charge in [-0.05, 0) is 13.3 Å². The Morgan fingerprint density at radius 2 is 1.61 bits per heavy atom. The molecule has 0 saturated heterocycles. The van der Waals surface area contributed by atoms with Crippen molar-refractivity contribution in [1.29, 1.82) is 0 Å². The van der Waals surface area contributed by atoms with E-state index in [-0.39, 0.29) is 37.4 Å². The molecule has 0 aliphatic heterocycles. The standard InChI is InChI=1S/C19H30N2O6S/c1-4-12-25-16(3)8-6-7-14-27-19(24)21-11-15-28-17(22)9-10-20-18(23)26-13-5-2/h4-7,16H,1-2,8-15H2,3H3,(H,20,23)(H,21,24)/b7-6+. The Hall–Kier alpha value is -2.26. The highest BCUT2D eigenvalue weighted by Gasteiger charge is 2.06. The molecule has 0 aliphatic carbocycles. The molecule has 1 atom stereocenters. The second-order valence-electron chi connectivity index (χ2n) is 5.45. The Morgan fingerprint density at radius 3 is 2.29 bits per heavy atom. The molecule has 0 aromatic rings. The average Bonchev–Trinajstić information content (AvgIpc) is 2.67. The zero-order valence-electron chi connectivity index (χ0n) is 16.3. The first kappa shape index (κ1) is 25.7. The first-order valence-electron chi connectivity index (χ1n) is 8.94. The van der Waals surface area contributed by atoms with Crippen molar-refractivity contribution in [2.75, 3.05) is 38.7 Å². The predicted molar refractivity (Wildman–Crippen MR) is 110 cm³/mol. The lowest BCUT2D eigenvalue weighted by atomic mass is 10.2. The van der Waals surface area contributed by atoms with Crippen molar-refractivity contribution in [2.45, 2.75) is 25.9 Å². The van der Waals surface area contributed by atoms with Gasteiger partial charge in [-0.3, -0.25) is 4.79 Å². The Morgan fingerprint density at radius 1 is 0.964 bits per heavy atom. The summed E-state index contributed by atoms with van der Waals surface area (Å²) in [7, 11) is 0. The van der Waals surface area contributed by atoms with Crippen LogP contribution in [0.1, 0.15) is 19.8 Å². The molecule has 158 valence electrons. The van der Waals surface area contributed by atoms with Gasteiger partial charge in [-0.1, -0.05) is 42.6 Å². The van der Waals surface area contributed by atoms with Crippen LogP contribution in [0.5, 0.6) is 0 Å². The molecule has 2 amide bonds. The summed E-state index contributed by atoms with van der Waals surface area (Å²) in [4.78, 5) is 34.3. The summed E-state index contributed by atoms with van der Waals surface area (Å²) < 4.78 is 15.1. The third-order valence-electron chi connectivity index (χ3n) is 3.01. The van der Waals surface area contributed by atoms with Gasteiger partial charge in [-0.15, -0.1) is 6.58 Å². The number of carbonyl (C=O) groups is 3. The number of ether oxygens (including phenoxy) is 3. The molecule has 0 rings (SSSR count). The Kier molecular flexibility index (Phi) is 16.7. The zero-order chi connectivity index (χ0) is 21.0. The van der Waals surface area contributed by atoms with E-state index < -0.39 is 12.2 Å². The van der Waals surface area contributed by atoms with Crippen LogP contribution < -0.4 is 10.6 Å². The van der Waals surface area contributed by atoms with Gasteiger partial charge in [0, 0.05) is 25.3 Å². The van der Waals surface area contributed by atoms with Crippen LogP contribution in [0.25, 0.3) is 0 Å². The monoisotopic (exact) mass is 414 g/mol. The van der Waals surface area contributed by atoms with Gasteiger partial charge in [0.25, 0.3) is 0 Å². The minimum absolute atomic E-state index is 0.0747. The quantitative estimate of drug-likeness (QED) is 0.314. The fourth-order valence-electron chi connectivity index (χ4n) is 1.67. The maximum atomic E-state index is 11.6. The molecule has 8 nitrogen and oxygen atoms in total. The van der Waals surface area contributed by atoms with Crippen LogP contribution in [0.15, 0.2) is 37.5 Å². The molecule has 0 saturated carbocycles. The average molecular weight is 415 g/mol. The van der Waals surface area contributed by atoms with Gasteiger partial charge >= 0.3 is 12.2 Å². The van der Waals surface area contributed by atoms with E-state index in [0.29, 0.717) is 18.9 Å². The highest BCUT2D eigenvalue weighted by molar-refractivity contribution is 8.13. The minimum atomic E-state index is -0.588. The van der Waals surface area contributed by atoms with E-state index in [4.69, 9.17) is 14.2 Å². The van der Waals surface area contributed by atoms with Crippen molar-refractivity contribution in [3.63, 3.8) is 0 Å². The summed E-state index contributed by atoms with van der Waals surface area (Å²) in [6.45, 7) is 10.2. The summed E-state index contributed by atoms with van der Waals surface area (Å²) in [6.07, 6.45) is 6.63. The van der Waals surface area contributed by atoms with Crippen LogP contribution in [0, 0.1) is 0 Å². The third kappa shape index (κ3) is 17.2. The highest BCUT2D eigenvalue weighted by atomic mass is 32.2. The number of amides is 2. The number of carbonyl (C=O) groups excluding carboxylic acids is 3. The van der Waals surface area contributed by atoms with Crippen molar-refractivity contribution in [3.8, 4) is 0 Å². The van der Waals surface area contributed by atoms with Gasteiger partial charge in [-0.2, -0.15) is 0 Å². The molecule has 0 aromatic carbocycles. The number of hydrogen-bond acceptors (Lipinski definition) is 7. The summed E-state index contributed by atoms with van der Waals surface area (Å²) in [5.74, 6) is 0.419. The smallest absolute Gasteiger partial charge is 0.407 e. The van der Waals surface area contributed by atoms with Crippen LogP contribution >= 0.6 is 11.8 Å². The molecule has 0 aromatic heterocycles. The van der Waals surface area contributed by atoms with E-state index in [0.717, 1.165) is 18.2 Å². The van der Waals surface area contributed by atoms with Gasteiger partial charge in [0.1, 0.15) is 13.2 Å². The van der Waals surface area contributed by atoms with Crippen molar-refractivity contribution in [3.05, 3.63) is 37.5 Å². The summed E-state index contributed by atoms with van der Waals surface area (Å²) in [5.41, 5.74) is 0. The molecule has 0 radical (unpaired) electrons. The van der Waals surface area contributed by atoms with Gasteiger partial charge in [0.05, 0.1) is 12.7 Å². The number of alkyl carbamates (subject to hydrolysis) is 2. The minimum Gasteiger partial charge on any atom is -0.445 e. The summed E-state index contributed by atoms with van der Waals surface area (Å²) in [6, 6.07) is 0. The number of rotatable bonds is 15. The normalized spacial score (nSPS) is 11.5. The largest absolute Gasteiger partial charge is 0.445 e. The van der Waals surface area contributed by atoms with Crippen LogP contribution in [-0.4, -0.2) is 62.1 Å². The van der Waals surface area contributed by atoms with E-state index in [1.807, 2.05) is 13.0 Å². The van der Waals surface area contributed by atoms with Crippen molar-refractivity contribution < 1.29 is 28.6 Å². The molecule has 2 N–H and O–H groups in total. The fourth-order valence-corrected chi connectivity index (χ4v) is 2.35. The van der Waals surface area contributed by atoms with Gasteiger partial charge < -0.3 is 24.8 Å². The van der Waals surface area contributed by atoms with E-state index in [2.05, 4.69) is 23.8 Å². The molecular weight excluding hydrogens is 384 g/mol. The predicted octanol–water partition coefficient (Wildman–Crippen LogP) is 2.81. The molecule has 1 unspecified atom stereocenters. The Balaban J connectivity index is 3.60. The summed E-state index contributed by atoms with van der Waals surface area (Å²) in [5, 5.41) is 4.93. The van der Waals surface area contributed by atoms with E-state index in [9.17, 15) is 14.4 Å². The van der Waals surface area contributed by atoms with Crippen molar-refractivity contribution in [2.24, 2.45) is 0 Å². The van der Waals surface area contributed by atoms with E-state index in [1.165, 1.54) is 6.08 Å². The van der Waals surface area contributed by atoms with Crippen LogP contribution in [0.3, 0.4) is 0 Å². The van der Waals surface area contributed by atoms with Gasteiger partial charge in [0.2, 0.25) is 0 Å².